The normalized spacial score (nSPS) is 12.3. The number of carbonyl (C=O) groups is 1. The molecular formula is C26H19F3N6O3. The summed E-state index contributed by atoms with van der Waals surface area (Å²) < 4.78 is 47.8. The van der Waals surface area contributed by atoms with Crippen molar-refractivity contribution in [3.05, 3.63) is 102 Å². The van der Waals surface area contributed by atoms with Crippen LogP contribution in [0, 0.1) is 0 Å². The third-order valence-electron chi connectivity index (χ3n) is 5.62. The number of carbonyl (C=O) groups excluding carboxylic acids is 1. The number of aromatic nitrogens is 5. The number of rotatable bonds is 7. The van der Waals surface area contributed by atoms with Crippen molar-refractivity contribution >= 4 is 5.91 Å². The van der Waals surface area contributed by atoms with E-state index in [2.05, 4.69) is 25.5 Å². The summed E-state index contributed by atoms with van der Waals surface area (Å²) in [5, 5.41) is 20.7. The van der Waals surface area contributed by atoms with Gasteiger partial charge in [0.05, 0.1) is 17.4 Å². The molecule has 0 aliphatic heterocycles. The Bertz CT molecular complexity index is 1530. The van der Waals surface area contributed by atoms with Crippen LogP contribution in [0.15, 0.2) is 89.8 Å². The Hall–Kier alpha value is -4.84. The Morgan fingerprint density at radius 2 is 1.79 bits per heavy atom. The van der Waals surface area contributed by atoms with E-state index in [4.69, 9.17) is 4.52 Å². The van der Waals surface area contributed by atoms with Crippen LogP contribution in [0.1, 0.15) is 22.9 Å². The number of para-hydroxylation sites is 1. The molecule has 9 nitrogen and oxygen atoms in total. The molecule has 0 radical (unpaired) electrons. The van der Waals surface area contributed by atoms with Crippen molar-refractivity contribution in [1.82, 2.24) is 30.2 Å². The fourth-order valence-electron chi connectivity index (χ4n) is 3.75. The van der Waals surface area contributed by atoms with Crippen molar-refractivity contribution in [3.63, 3.8) is 0 Å². The van der Waals surface area contributed by atoms with Crippen molar-refractivity contribution in [2.75, 3.05) is 0 Å². The zero-order valence-corrected chi connectivity index (χ0v) is 19.5. The molecule has 5 rings (SSSR count). The largest absolute Gasteiger partial charge is 0.434 e. The molecule has 2 N–H and O–H groups in total. The van der Waals surface area contributed by atoms with Crippen molar-refractivity contribution in [2.45, 2.75) is 18.8 Å². The van der Waals surface area contributed by atoms with E-state index in [9.17, 15) is 23.1 Å². The van der Waals surface area contributed by atoms with Gasteiger partial charge in [0.15, 0.2) is 11.8 Å². The molecule has 1 unspecified atom stereocenters. The number of nitrogens with one attached hydrogen (secondary N) is 1. The average Bonchev–Trinajstić information content (AvgIpc) is 3.60. The Morgan fingerprint density at radius 1 is 1.03 bits per heavy atom. The third-order valence-corrected chi connectivity index (χ3v) is 5.62. The fraction of sp³-hybridized carbons (Fsp3) is 0.115. The number of amides is 1. The lowest BCUT2D eigenvalue weighted by Crippen LogP contribution is -2.28. The zero-order valence-electron chi connectivity index (χ0n) is 19.5. The maximum Gasteiger partial charge on any atom is 0.434 e. The number of benzene rings is 2. The van der Waals surface area contributed by atoms with Gasteiger partial charge >= 0.3 is 6.18 Å². The van der Waals surface area contributed by atoms with Gasteiger partial charge in [-0.2, -0.15) is 23.3 Å². The lowest BCUT2D eigenvalue weighted by molar-refractivity contribution is -0.142. The molecule has 1 amide bonds. The van der Waals surface area contributed by atoms with Gasteiger partial charge in [-0.3, -0.25) is 9.78 Å². The van der Waals surface area contributed by atoms with E-state index in [1.807, 2.05) is 0 Å². The van der Waals surface area contributed by atoms with Gasteiger partial charge in [-0.15, -0.1) is 0 Å². The second-order valence-electron chi connectivity index (χ2n) is 8.18. The van der Waals surface area contributed by atoms with E-state index >= 15 is 0 Å². The lowest BCUT2D eigenvalue weighted by atomic mass is 10.1. The summed E-state index contributed by atoms with van der Waals surface area (Å²) in [6.45, 7) is 0.203. The molecule has 0 saturated carbocycles. The van der Waals surface area contributed by atoms with Gasteiger partial charge in [0.1, 0.15) is 0 Å². The van der Waals surface area contributed by atoms with Crippen LogP contribution in [0.3, 0.4) is 0 Å². The van der Waals surface area contributed by atoms with Crippen molar-refractivity contribution in [3.8, 4) is 28.5 Å². The number of halogens is 3. The van der Waals surface area contributed by atoms with Crippen molar-refractivity contribution in [1.29, 1.82) is 0 Å². The number of pyridine rings is 1. The van der Waals surface area contributed by atoms with Gasteiger partial charge in [0, 0.05) is 24.5 Å². The van der Waals surface area contributed by atoms with E-state index in [-0.39, 0.29) is 29.5 Å². The van der Waals surface area contributed by atoms with E-state index < -0.39 is 23.9 Å². The van der Waals surface area contributed by atoms with Crippen LogP contribution in [0.5, 0.6) is 0 Å². The number of hydrogen-bond acceptors (Lipinski definition) is 7. The van der Waals surface area contributed by atoms with E-state index in [0.717, 1.165) is 16.4 Å². The highest BCUT2D eigenvalue weighted by molar-refractivity contribution is 5.82. The van der Waals surface area contributed by atoms with Crippen LogP contribution in [0.4, 0.5) is 13.2 Å². The van der Waals surface area contributed by atoms with Gasteiger partial charge in [-0.05, 0) is 29.3 Å². The monoisotopic (exact) mass is 520 g/mol. The maximum absolute atomic E-state index is 14.0. The number of hydrogen-bond donors (Lipinski definition) is 2. The molecule has 38 heavy (non-hydrogen) atoms. The molecule has 1 atom stereocenters. The SMILES string of the molecule is O=C(NCc1cccnc1)C(O)c1ccc(-c2noc(-c3cnn(-c4ccccc4)c3C(F)(F)F)n2)cc1. The summed E-state index contributed by atoms with van der Waals surface area (Å²) in [5.74, 6) is -0.922. The summed E-state index contributed by atoms with van der Waals surface area (Å²) in [6, 6.07) is 17.5. The van der Waals surface area contributed by atoms with E-state index in [1.165, 1.54) is 36.4 Å². The zero-order chi connectivity index (χ0) is 26.7. The lowest BCUT2D eigenvalue weighted by Gasteiger charge is -2.12. The first-order chi connectivity index (χ1) is 18.3. The Labute approximate surface area is 213 Å². The van der Waals surface area contributed by atoms with E-state index in [1.54, 1.807) is 42.7 Å². The van der Waals surface area contributed by atoms with E-state index in [0.29, 0.717) is 11.1 Å². The highest BCUT2D eigenvalue weighted by atomic mass is 19.4. The average molecular weight is 520 g/mol. The maximum atomic E-state index is 14.0. The highest BCUT2D eigenvalue weighted by Crippen LogP contribution is 2.38. The molecule has 0 bridgehead atoms. The third kappa shape index (κ3) is 5.15. The van der Waals surface area contributed by atoms with Gasteiger partial charge in [0.25, 0.3) is 11.8 Å². The summed E-state index contributed by atoms with van der Waals surface area (Å²) in [4.78, 5) is 20.4. The number of alkyl halides is 3. The fourth-order valence-corrected chi connectivity index (χ4v) is 3.75. The standard InChI is InChI=1S/C26H19F3N6O3/c27-26(28,29)22-20(15-32-35(22)19-6-2-1-3-7-19)25-33-23(34-38-25)18-10-8-17(9-11-18)21(36)24(37)31-14-16-5-4-12-30-13-16/h1-13,15,21,36H,14H2,(H,31,37). The first kappa shape index (κ1) is 24.8. The van der Waals surface area contributed by atoms with Crippen LogP contribution < -0.4 is 5.32 Å². The topological polar surface area (TPSA) is 119 Å². The molecule has 3 aromatic heterocycles. The van der Waals surface area contributed by atoms with Crippen molar-refractivity contribution < 1.29 is 27.6 Å². The molecule has 2 aromatic carbocycles. The van der Waals surface area contributed by atoms with Crippen LogP contribution in [-0.4, -0.2) is 35.9 Å². The van der Waals surface area contributed by atoms with Crippen LogP contribution in [0.25, 0.3) is 28.5 Å². The predicted octanol–water partition coefficient (Wildman–Crippen LogP) is 4.35. The minimum absolute atomic E-state index is 0.0302. The summed E-state index contributed by atoms with van der Waals surface area (Å²) in [5.41, 5.74) is 0.316. The van der Waals surface area contributed by atoms with Gasteiger partial charge in [0.2, 0.25) is 5.82 Å². The van der Waals surface area contributed by atoms with Crippen LogP contribution in [0.2, 0.25) is 0 Å². The Kier molecular flexibility index (Phi) is 6.71. The summed E-state index contributed by atoms with van der Waals surface area (Å²) >= 11 is 0. The predicted molar refractivity (Wildman–Crippen MR) is 128 cm³/mol. The quantitative estimate of drug-likeness (QED) is 0.327. The Morgan fingerprint density at radius 3 is 2.47 bits per heavy atom. The van der Waals surface area contributed by atoms with Crippen molar-refractivity contribution in [2.24, 2.45) is 0 Å². The first-order valence-electron chi connectivity index (χ1n) is 11.3. The van der Waals surface area contributed by atoms with Gasteiger partial charge in [-0.1, -0.05) is 53.7 Å². The molecule has 0 fully saturated rings. The van der Waals surface area contributed by atoms with Crippen LogP contribution in [-0.2, 0) is 17.5 Å². The minimum Gasteiger partial charge on any atom is -0.378 e. The number of aliphatic hydroxyl groups is 1. The molecule has 192 valence electrons. The molecule has 12 heteroatoms. The summed E-state index contributed by atoms with van der Waals surface area (Å²) in [6.07, 6.45) is -1.94. The number of aliphatic hydroxyl groups excluding tert-OH is 1. The molecule has 0 aliphatic carbocycles. The molecule has 3 heterocycles. The van der Waals surface area contributed by atoms with Crippen LogP contribution >= 0.6 is 0 Å². The molecule has 0 aliphatic rings. The molecule has 0 saturated heterocycles. The minimum atomic E-state index is -4.74. The molecule has 5 aromatic rings. The van der Waals surface area contributed by atoms with Gasteiger partial charge < -0.3 is 14.9 Å². The smallest absolute Gasteiger partial charge is 0.378 e. The number of nitrogens with zero attached hydrogens (tertiary/aromatic N) is 5. The second kappa shape index (κ2) is 10.3. The second-order valence-corrected chi connectivity index (χ2v) is 8.18. The molecule has 0 spiro atoms. The Balaban J connectivity index is 1.34. The molecular weight excluding hydrogens is 501 g/mol. The first-order valence-corrected chi connectivity index (χ1v) is 11.3. The summed E-state index contributed by atoms with van der Waals surface area (Å²) in [7, 11) is 0. The highest BCUT2D eigenvalue weighted by Gasteiger charge is 2.40. The van der Waals surface area contributed by atoms with Gasteiger partial charge in [-0.25, -0.2) is 4.68 Å².